The molecule has 0 fully saturated rings. The maximum absolute atomic E-state index is 12.6. The van der Waals surface area contributed by atoms with Crippen molar-refractivity contribution in [3.63, 3.8) is 0 Å². The Morgan fingerprint density at radius 1 is 1.17 bits per heavy atom. The number of aldehydes is 1. The van der Waals surface area contributed by atoms with Crippen LogP contribution in [0, 0.1) is 0 Å². The van der Waals surface area contributed by atoms with Crippen molar-refractivity contribution in [2.24, 2.45) is 0 Å². The molecule has 5 heteroatoms. The van der Waals surface area contributed by atoms with Crippen molar-refractivity contribution in [1.82, 2.24) is 4.90 Å². The van der Waals surface area contributed by atoms with Crippen LogP contribution in [0.2, 0.25) is 0 Å². The summed E-state index contributed by atoms with van der Waals surface area (Å²) in [4.78, 5) is 34.9. The van der Waals surface area contributed by atoms with Crippen LogP contribution in [0.25, 0.3) is 0 Å². The van der Waals surface area contributed by atoms with Crippen molar-refractivity contribution in [3.05, 3.63) is 47.3 Å². The molecule has 0 unspecified atom stereocenters. The molecule has 0 N–H and O–H groups in total. The number of rotatable bonds is 4. The Labute approximate surface area is 103 Å². The van der Waals surface area contributed by atoms with E-state index in [9.17, 15) is 18.8 Å². The molecule has 2 amide bonds. The summed E-state index contributed by atoms with van der Waals surface area (Å²) in [7, 11) is 0. The Kier molecular flexibility index (Phi) is 3.32. The van der Waals surface area contributed by atoms with Gasteiger partial charge in [0.25, 0.3) is 11.8 Å². The molecule has 0 radical (unpaired) electrons. The minimum atomic E-state index is -0.897. The average molecular weight is 247 g/mol. The Morgan fingerprint density at radius 2 is 1.72 bits per heavy atom. The lowest BCUT2D eigenvalue weighted by atomic mass is 10.1. The lowest BCUT2D eigenvalue weighted by Gasteiger charge is -2.11. The van der Waals surface area contributed by atoms with E-state index in [4.69, 9.17) is 0 Å². The normalized spacial score (nSPS) is 14.9. The first-order valence-electron chi connectivity index (χ1n) is 5.41. The fraction of sp³-hybridized carbons (Fsp3) is 0.154. The van der Waals surface area contributed by atoms with Crippen LogP contribution in [0.5, 0.6) is 0 Å². The van der Waals surface area contributed by atoms with Gasteiger partial charge in [-0.1, -0.05) is 12.1 Å². The second kappa shape index (κ2) is 4.91. The number of halogens is 1. The van der Waals surface area contributed by atoms with Gasteiger partial charge < -0.3 is 0 Å². The van der Waals surface area contributed by atoms with Crippen LogP contribution in [0.3, 0.4) is 0 Å². The Morgan fingerprint density at radius 3 is 2.22 bits per heavy atom. The van der Waals surface area contributed by atoms with E-state index < -0.39 is 5.83 Å². The van der Waals surface area contributed by atoms with Crippen LogP contribution in [0.1, 0.15) is 27.1 Å². The van der Waals surface area contributed by atoms with Gasteiger partial charge in [0, 0.05) is 6.54 Å². The molecule has 1 heterocycles. The summed E-state index contributed by atoms with van der Waals surface area (Å²) in [5, 5.41) is 0. The van der Waals surface area contributed by atoms with Crippen molar-refractivity contribution in [2.75, 3.05) is 6.54 Å². The summed E-state index contributed by atoms with van der Waals surface area (Å²) in [5.41, 5.74) is 0.727. The minimum Gasteiger partial charge on any atom is -0.295 e. The zero-order valence-corrected chi connectivity index (χ0v) is 9.43. The molecule has 1 aliphatic rings. The fourth-order valence-corrected chi connectivity index (χ4v) is 1.82. The predicted octanol–water partition coefficient (Wildman–Crippen LogP) is 1.72. The summed E-state index contributed by atoms with van der Waals surface area (Å²) in [6, 6.07) is 6.52. The van der Waals surface area contributed by atoms with Crippen LogP contribution in [-0.2, 0) is 4.79 Å². The van der Waals surface area contributed by atoms with Gasteiger partial charge in [-0.2, -0.15) is 0 Å². The second-order valence-electron chi connectivity index (χ2n) is 3.80. The number of carbonyl (C=O) groups excluding carboxylic acids is 3. The van der Waals surface area contributed by atoms with E-state index in [1.165, 1.54) is 0 Å². The van der Waals surface area contributed by atoms with Gasteiger partial charge in [0.15, 0.2) is 12.1 Å². The standard InChI is InChI=1S/C13H10FNO3/c14-9(8-16)4-3-7-15-12(17)10-5-1-2-6-11(10)13(15)18/h1-2,4-6,8H,3,7H2/b9-4-. The molecule has 1 aromatic carbocycles. The SMILES string of the molecule is O=C/C(F)=C/CCN1C(=O)c2ccccc2C1=O. The lowest BCUT2D eigenvalue weighted by Crippen LogP contribution is -2.30. The average Bonchev–Trinajstić information content (AvgIpc) is 2.64. The Bertz CT molecular complexity index is 516. The zero-order valence-electron chi connectivity index (χ0n) is 9.43. The molecule has 0 atom stereocenters. The van der Waals surface area contributed by atoms with Gasteiger partial charge in [0.2, 0.25) is 0 Å². The highest BCUT2D eigenvalue weighted by Crippen LogP contribution is 2.22. The first-order valence-corrected chi connectivity index (χ1v) is 5.41. The number of hydrogen-bond donors (Lipinski definition) is 0. The molecule has 2 rings (SSSR count). The van der Waals surface area contributed by atoms with Crippen molar-refractivity contribution >= 4 is 18.1 Å². The van der Waals surface area contributed by atoms with E-state index in [-0.39, 0.29) is 31.1 Å². The summed E-state index contributed by atoms with van der Waals surface area (Å²) >= 11 is 0. The molecular weight excluding hydrogens is 237 g/mol. The molecule has 0 saturated carbocycles. The van der Waals surface area contributed by atoms with Crippen LogP contribution >= 0.6 is 0 Å². The lowest BCUT2D eigenvalue weighted by molar-refractivity contribution is -0.106. The molecule has 0 spiro atoms. The smallest absolute Gasteiger partial charge is 0.261 e. The number of imide groups is 1. The molecule has 92 valence electrons. The highest BCUT2D eigenvalue weighted by Gasteiger charge is 2.34. The van der Waals surface area contributed by atoms with Crippen molar-refractivity contribution in [3.8, 4) is 0 Å². The van der Waals surface area contributed by atoms with Crippen LogP contribution in [-0.4, -0.2) is 29.5 Å². The summed E-state index contributed by atoms with van der Waals surface area (Å²) in [6.45, 7) is 0.0631. The monoisotopic (exact) mass is 247 g/mol. The van der Waals surface area contributed by atoms with Crippen LogP contribution in [0.4, 0.5) is 4.39 Å². The highest BCUT2D eigenvalue weighted by molar-refractivity contribution is 6.21. The van der Waals surface area contributed by atoms with Gasteiger partial charge in [-0.25, -0.2) is 4.39 Å². The third-order valence-electron chi connectivity index (χ3n) is 2.68. The fourth-order valence-electron chi connectivity index (χ4n) is 1.82. The minimum absolute atomic E-state index is 0.0631. The molecule has 0 aromatic heterocycles. The summed E-state index contributed by atoms with van der Waals surface area (Å²) in [6.07, 6.45) is 1.26. The van der Waals surface area contributed by atoms with E-state index in [1.807, 2.05) is 0 Å². The first kappa shape index (κ1) is 12.2. The van der Waals surface area contributed by atoms with E-state index in [1.54, 1.807) is 24.3 Å². The Balaban J connectivity index is 2.12. The third-order valence-corrected chi connectivity index (χ3v) is 2.68. The van der Waals surface area contributed by atoms with Crippen molar-refractivity contribution in [2.45, 2.75) is 6.42 Å². The second-order valence-corrected chi connectivity index (χ2v) is 3.80. The number of fused-ring (bicyclic) bond motifs is 1. The van der Waals surface area contributed by atoms with Crippen LogP contribution < -0.4 is 0 Å². The molecule has 1 aliphatic heterocycles. The first-order chi connectivity index (χ1) is 8.65. The van der Waals surface area contributed by atoms with Crippen LogP contribution in [0.15, 0.2) is 36.2 Å². The van der Waals surface area contributed by atoms with Crippen molar-refractivity contribution < 1.29 is 18.8 Å². The van der Waals surface area contributed by atoms with E-state index in [2.05, 4.69) is 0 Å². The topological polar surface area (TPSA) is 54.5 Å². The van der Waals surface area contributed by atoms with Gasteiger partial charge in [-0.3, -0.25) is 19.3 Å². The molecule has 0 saturated heterocycles. The number of nitrogens with zero attached hydrogens (tertiary/aromatic N) is 1. The quantitative estimate of drug-likeness (QED) is 0.462. The molecule has 4 nitrogen and oxygen atoms in total. The highest BCUT2D eigenvalue weighted by atomic mass is 19.1. The number of benzene rings is 1. The number of carbonyl (C=O) groups is 3. The molecular formula is C13H10FNO3. The number of hydrogen-bond acceptors (Lipinski definition) is 3. The number of allylic oxidation sites excluding steroid dienone is 1. The van der Waals surface area contributed by atoms with Crippen molar-refractivity contribution in [1.29, 1.82) is 0 Å². The van der Waals surface area contributed by atoms with Gasteiger partial charge in [-0.05, 0) is 24.6 Å². The van der Waals surface area contributed by atoms with E-state index in [0.717, 1.165) is 11.0 Å². The largest absolute Gasteiger partial charge is 0.295 e. The number of amides is 2. The van der Waals surface area contributed by atoms with E-state index in [0.29, 0.717) is 11.1 Å². The van der Waals surface area contributed by atoms with Gasteiger partial charge in [0.05, 0.1) is 11.1 Å². The summed E-state index contributed by atoms with van der Waals surface area (Å²) in [5.74, 6) is -1.65. The molecule has 0 aliphatic carbocycles. The van der Waals surface area contributed by atoms with E-state index >= 15 is 0 Å². The third kappa shape index (κ3) is 2.07. The van der Waals surface area contributed by atoms with Gasteiger partial charge >= 0.3 is 0 Å². The maximum Gasteiger partial charge on any atom is 0.261 e. The van der Waals surface area contributed by atoms with Gasteiger partial charge in [-0.15, -0.1) is 0 Å². The predicted molar refractivity (Wildman–Crippen MR) is 61.7 cm³/mol. The molecule has 18 heavy (non-hydrogen) atoms. The summed E-state index contributed by atoms with van der Waals surface area (Å²) < 4.78 is 12.6. The molecule has 1 aromatic rings. The zero-order chi connectivity index (χ0) is 13.1. The Hall–Kier alpha value is -2.30. The maximum atomic E-state index is 12.6. The van der Waals surface area contributed by atoms with Gasteiger partial charge in [0.1, 0.15) is 0 Å². The molecule has 0 bridgehead atoms.